The quantitative estimate of drug-likeness (QED) is 0.372. The van der Waals surface area contributed by atoms with Crippen molar-refractivity contribution >= 4 is 23.2 Å². The Bertz CT molecular complexity index is 637. The zero-order chi connectivity index (χ0) is 17.1. The average Bonchev–Trinajstić information content (AvgIpc) is 2.56. The molecule has 0 spiro atoms. The molecule has 5 nitrogen and oxygen atoms in total. The zero-order valence-electron chi connectivity index (χ0n) is 12.5. The van der Waals surface area contributed by atoms with E-state index in [1.54, 1.807) is 48.5 Å². The molecule has 0 saturated carbocycles. The zero-order valence-corrected chi connectivity index (χ0v) is 14.0. The summed E-state index contributed by atoms with van der Waals surface area (Å²) < 4.78 is 5.68. The van der Waals surface area contributed by atoms with Gasteiger partial charge in [0.1, 0.15) is 11.5 Å². The molecule has 0 aromatic heterocycles. The first-order chi connectivity index (χ1) is 10.8. The maximum atomic E-state index is 10.7. The van der Waals surface area contributed by atoms with E-state index < -0.39 is 10.00 Å². The Morgan fingerprint density at radius 1 is 0.739 bits per heavy atom. The molecule has 2 aromatic carbocycles. The van der Waals surface area contributed by atoms with Crippen molar-refractivity contribution < 1.29 is 4.74 Å². The molecule has 2 unspecified atom stereocenters. The van der Waals surface area contributed by atoms with Crippen molar-refractivity contribution in [2.75, 3.05) is 0 Å². The third kappa shape index (κ3) is 4.06. The van der Waals surface area contributed by atoms with Gasteiger partial charge in [0.05, 0.1) is 0 Å². The monoisotopic (exact) mass is 352 g/mol. The van der Waals surface area contributed by atoms with Crippen LogP contribution >= 0.6 is 23.2 Å². The van der Waals surface area contributed by atoms with Gasteiger partial charge in [-0.05, 0) is 59.6 Å². The highest BCUT2D eigenvalue weighted by Gasteiger charge is 2.25. The van der Waals surface area contributed by atoms with Crippen LogP contribution in [0.15, 0.2) is 58.9 Å². The van der Waals surface area contributed by atoms with Gasteiger partial charge in [-0.1, -0.05) is 47.5 Å². The summed E-state index contributed by atoms with van der Waals surface area (Å²) in [6.45, 7) is 3.03. The molecule has 0 heterocycles. The van der Waals surface area contributed by atoms with Crippen LogP contribution in [0.3, 0.4) is 0 Å². The molecule has 0 aliphatic rings. The molecule has 23 heavy (non-hydrogen) atoms. The number of halogens is 2. The van der Waals surface area contributed by atoms with E-state index in [0.717, 1.165) is 0 Å². The molecule has 0 amide bonds. The third-order valence-corrected chi connectivity index (χ3v) is 3.92. The standard InChI is InChI=1S/C16H14Cl2N2O3/c1-15(17,19-21)11-3-7-13(8-4-11)23-14-9-5-12(6-10-14)16(2,18)20-22/h3-10H,1-2H3. The summed E-state index contributed by atoms with van der Waals surface area (Å²) in [6, 6.07) is 13.4. The molecular weight excluding hydrogens is 339 g/mol. The number of hydrogen-bond acceptors (Lipinski definition) is 5. The predicted octanol–water partition coefficient (Wildman–Crippen LogP) is 5.83. The van der Waals surface area contributed by atoms with Gasteiger partial charge in [0.25, 0.3) is 0 Å². The van der Waals surface area contributed by atoms with Gasteiger partial charge in [-0.3, -0.25) is 0 Å². The molecule has 0 saturated heterocycles. The van der Waals surface area contributed by atoms with Crippen LogP contribution in [-0.4, -0.2) is 0 Å². The summed E-state index contributed by atoms with van der Waals surface area (Å²) >= 11 is 11.9. The van der Waals surface area contributed by atoms with Gasteiger partial charge in [0, 0.05) is 0 Å². The van der Waals surface area contributed by atoms with E-state index in [4.69, 9.17) is 27.9 Å². The highest BCUT2D eigenvalue weighted by molar-refractivity contribution is 6.23. The number of nitrogens with zero attached hydrogens (tertiary/aromatic N) is 2. The van der Waals surface area contributed by atoms with E-state index in [2.05, 4.69) is 10.4 Å². The lowest BCUT2D eigenvalue weighted by Crippen LogP contribution is -2.08. The fraction of sp³-hybridized carbons (Fsp3) is 0.250. The predicted molar refractivity (Wildman–Crippen MR) is 91.0 cm³/mol. The Hall–Kier alpha value is -1.98. The fourth-order valence-electron chi connectivity index (χ4n) is 1.90. The lowest BCUT2D eigenvalue weighted by atomic mass is 10.1. The normalized spacial score (nSPS) is 16.0. The summed E-state index contributed by atoms with van der Waals surface area (Å²) in [4.78, 5) is 18.8. The highest BCUT2D eigenvalue weighted by atomic mass is 35.5. The number of nitroso groups, excluding NO2 is 2. The van der Waals surface area contributed by atoms with Crippen LogP contribution in [-0.2, 0) is 10.00 Å². The Balaban J connectivity index is 2.14. The molecule has 2 atom stereocenters. The lowest BCUT2D eigenvalue weighted by Gasteiger charge is -2.15. The molecule has 2 rings (SSSR count). The van der Waals surface area contributed by atoms with Crippen LogP contribution in [0.2, 0.25) is 0 Å². The van der Waals surface area contributed by atoms with Crippen molar-refractivity contribution in [2.24, 2.45) is 10.4 Å². The van der Waals surface area contributed by atoms with E-state index in [1.165, 1.54) is 13.8 Å². The topological polar surface area (TPSA) is 68.1 Å². The van der Waals surface area contributed by atoms with Crippen molar-refractivity contribution in [3.05, 3.63) is 69.5 Å². The lowest BCUT2D eigenvalue weighted by molar-refractivity contribution is 0.481. The van der Waals surface area contributed by atoms with Gasteiger partial charge in [0.15, 0.2) is 10.00 Å². The van der Waals surface area contributed by atoms with Gasteiger partial charge in [0.2, 0.25) is 0 Å². The first-order valence-corrected chi connectivity index (χ1v) is 7.50. The molecule has 0 N–H and O–H groups in total. The maximum absolute atomic E-state index is 10.7. The molecule has 120 valence electrons. The number of rotatable bonds is 6. The number of alkyl halides is 2. The molecule has 0 radical (unpaired) electrons. The van der Waals surface area contributed by atoms with Gasteiger partial charge in [-0.15, -0.1) is 9.81 Å². The van der Waals surface area contributed by atoms with Gasteiger partial charge in [-0.25, -0.2) is 0 Å². The van der Waals surface area contributed by atoms with E-state index in [1.807, 2.05) is 0 Å². The van der Waals surface area contributed by atoms with Crippen LogP contribution < -0.4 is 4.74 Å². The minimum atomic E-state index is -1.30. The first kappa shape index (κ1) is 17.4. The van der Waals surface area contributed by atoms with Crippen LogP contribution in [0, 0.1) is 9.81 Å². The second-order valence-electron chi connectivity index (χ2n) is 5.24. The van der Waals surface area contributed by atoms with Crippen molar-refractivity contribution in [3.8, 4) is 11.5 Å². The maximum Gasteiger partial charge on any atom is 0.197 e. The Kier molecular flexibility index (Phi) is 5.02. The highest BCUT2D eigenvalue weighted by Crippen LogP contribution is 2.33. The van der Waals surface area contributed by atoms with Crippen LogP contribution in [0.1, 0.15) is 25.0 Å². The summed E-state index contributed by atoms with van der Waals surface area (Å²) in [7, 11) is 0. The van der Waals surface area contributed by atoms with Crippen molar-refractivity contribution in [3.63, 3.8) is 0 Å². The molecule has 0 aliphatic carbocycles. The number of ether oxygens (including phenoxy) is 1. The van der Waals surface area contributed by atoms with Crippen LogP contribution in [0.5, 0.6) is 11.5 Å². The van der Waals surface area contributed by atoms with Gasteiger partial charge < -0.3 is 4.74 Å². The van der Waals surface area contributed by atoms with Crippen molar-refractivity contribution in [2.45, 2.75) is 23.8 Å². The minimum absolute atomic E-state index is 0.571. The Labute approximate surface area is 143 Å². The van der Waals surface area contributed by atoms with Crippen molar-refractivity contribution in [1.82, 2.24) is 0 Å². The van der Waals surface area contributed by atoms with Crippen LogP contribution in [0.25, 0.3) is 0 Å². The molecule has 7 heteroatoms. The van der Waals surface area contributed by atoms with E-state index in [0.29, 0.717) is 22.6 Å². The van der Waals surface area contributed by atoms with Gasteiger partial charge in [-0.2, -0.15) is 0 Å². The minimum Gasteiger partial charge on any atom is -0.457 e. The summed E-state index contributed by atoms with van der Waals surface area (Å²) in [5, 5.41) is 5.75. The second kappa shape index (κ2) is 6.64. The number of benzene rings is 2. The SMILES string of the molecule is CC(Cl)(N=O)c1ccc(Oc2ccc(C(C)(Cl)N=O)cc2)cc1. The first-order valence-electron chi connectivity index (χ1n) is 6.74. The largest absolute Gasteiger partial charge is 0.457 e. The molecule has 2 aromatic rings. The van der Waals surface area contributed by atoms with Crippen LogP contribution in [0.4, 0.5) is 0 Å². The summed E-state index contributed by atoms with van der Waals surface area (Å²) in [5.74, 6) is 1.14. The second-order valence-corrected chi connectivity index (χ2v) is 6.71. The fourth-order valence-corrected chi connectivity index (χ4v) is 2.15. The molecule has 0 aliphatic heterocycles. The molecule has 0 bridgehead atoms. The van der Waals surface area contributed by atoms with E-state index in [-0.39, 0.29) is 0 Å². The van der Waals surface area contributed by atoms with Gasteiger partial charge >= 0.3 is 0 Å². The molecular formula is C16H14Cl2N2O3. The average molecular weight is 353 g/mol. The summed E-state index contributed by atoms with van der Waals surface area (Å²) in [6.07, 6.45) is 0. The Morgan fingerprint density at radius 3 is 1.30 bits per heavy atom. The molecule has 0 fully saturated rings. The number of hydrogen-bond donors (Lipinski definition) is 0. The van der Waals surface area contributed by atoms with E-state index in [9.17, 15) is 9.81 Å². The summed E-state index contributed by atoms with van der Waals surface area (Å²) in [5.41, 5.74) is 1.15. The van der Waals surface area contributed by atoms with E-state index >= 15 is 0 Å². The third-order valence-electron chi connectivity index (χ3n) is 3.34. The van der Waals surface area contributed by atoms with Crippen molar-refractivity contribution in [1.29, 1.82) is 0 Å². The smallest absolute Gasteiger partial charge is 0.197 e. The Morgan fingerprint density at radius 2 is 1.04 bits per heavy atom.